The molecule has 1 aliphatic rings. The highest BCUT2D eigenvalue weighted by molar-refractivity contribution is 5.85. The minimum Gasteiger partial charge on any atom is -0.353 e. The molecule has 1 unspecified atom stereocenters. The first-order valence-electron chi connectivity index (χ1n) is 5.76. The Morgan fingerprint density at radius 3 is 2.62 bits per heavy atom. The lowest BCUT2D eigenvalue weighted by atomic mass is 10.0. The lowest BCUT2D eigenvalue weighted by Crippen LogP contribution is -2.47. The van der Waals surface area contributed by atoms with Crippen LogP contribution in [0, 0.1) is 5.92 Å². The van der Waals surface area contributed by atoms with Gasteiger partial charge in [0.25, 0.3) is 0 Å². The van der Waals surface area contributed by atoms with Crippen molar-refractivity contribution in [3.05, 3.63) is 0 Å². The molecule has 0 spiro atoms. The Balaban J connectivity index is 0.00000225. The van der Waals surface area contributed by atoms with Crippen LogP contribution in [-0.4, -0.2) is 43.0 Å². The molecule has 1 aliphatic heterocycles. The van der Waals surface area contributed by atoms with Gasteiger partial charge in [0, 0.05) is 12.6 Å². The third-order valence-corrected chi connectivity index (χ3v) is 3.20. The third-order valence-electron chi connectivity index (χ3n) is 3.20. The molecule has 0 aromatic heterocycles. The van der Waals surface area contributed by atoms with Crippen molar-refractivity contribution in [2.24, 2.45) is 11.7 Å². The molecule has 3 N–H and O–H groups in total. The average Bonchev–Trinajstić information content (AvgIpc) is 2.59. The topological polar surface area (TPSA) is 58.4 Å². The van der Waals surface area contributed by atoms with Gasteiger partial charge in [-0.3, -0.25) is 4.79 Å². The Morgan fingerprint density at radius 2 is 2.19 bits per heavy atom. The number of hydrogen-bond donors (Lipinski definition) is 2. The van der Waals surface area contributed by atoms with Crippen molar-refractivity contribution >= 4 is 18.3 Å². The normalized spacial score (nSPS) is 22.9. The lowest BCUT2D eigenvalue weighted by molar-refractivity contribution is -0.123. The Kier molecular flexibility index (Phi) is 6.95. The summed E-state index contributed by atoms with van der Waals surface area (Å²) in [5.74, 6) is 0.177. The number of nitrogens with zero attached hydrogens (tertiary/aromatic N) is 1. The van der Waals surface area contributed by atoms with E-state index in [9.17, 15) is 4.79 Å². The van der Waals surface area contributed by atoms with E-state index in [1.165, 1.54) is 12.8 Å². The van der Waals surface area contributed by atoms with E-state index in [0.29, 0.717) is 6.04 Å². The van der Waals surface area contributed by atoms with E-state index in [1.54, 1.807) is 0 Å². The van der Waals surface area contributed by atoms with Gasteiger partial charge in [0.05, 0.1) is 6.04 Å². The summed E-state index contributed by atoms with van der Waals surface area (Å²) in [6.45, 7) is 5.80. The molecule has 96 valence electrons. The van der Waals surface area contributed by atoms with Gasteiger partial charge in [-0.05, 0) is 32.4 Å². The molecule has 2 atom stereocenters. The van der Waals surface area contributed by atoms with E-state index >= 15 is 0 Å². The van der Waals surface area contributed by atoms with Gasteiger partial charge in [-0.15, -0.1) is 12.4 Å². The number of amides is 1. The number of hydrogen-bond acceptors (Lipinski definition) is 3. The maximum absolute atomic E-state index is 11.6. The van der Waals surface area contributed by atoms with Crippen molar-refractivity contribution in [3.8, 4) is 0 Å². The molecule has 0 aromatic rings. The van der Waals surface area contributed by atoms with Crippen LogP contribution in [0.5, 0.6) is 0 Å². The van der Waals surface area contributed by atoms with Gasteiger partial charge in [0.15, 0.2) is 0 Å². The number of likely N-dealkylation sites (tertiary alicyclic amines) is 1. The second kappa shape index (κ2) is 7.09. The zero-order chi connectivity index (χ0) is 11.4. The minimum absolute atomic E-state index is 0. The Labute approximate surface area is 104 Å². The second-order valence-electron chi connectivity index (χ2n) is 4.79. The van der Waals surface area contributed by atoms with Crippen LogP contribution in [-0.2, 0) is 4.79 Å². The fourth-order valence-corrected chi connectivity index (χ4v) is 1.88. The molecule has 16 heavy (non-hydrogen) atoms. The van der Waals surface area contributed by atoms with Crippen LogP contribution in [0.2, 0.25) is 0 Å². The molecule has 0 aliphatic carbocycles. The highest BCUT2D eigenvalue weighted by Crippen LogP contribution is 2.13. The van der Waals surface area contributed by atoms with Crippen molar-refractivity contribution in [1.29, 1.82) is 0 Å². The number of halogens is 1. The SMILES string of the molecule is CC(C)[C@H](N)C(=O)NCC1CCCN1C.Cl. The molecule has 0 aromatic carbocycles. The summed E-state index contributed by atoms with van der Waals surface area (Å²) in [7, 11) is 2.10. The van der Waals surface area contributed by atoms with Crippen LogP contribution in [0.1, 0.15) is 26.7 Å². The quantitative estimate of drug-likeness (QED) is 0.767. The van der Waals surface area contributed by atoms with Gasteiger partial charge in [-0.1, -0.05) is 13.8 Å². The van der Waals surface area contributed by atoms with Crippen molar-refractivity contribution in [1.82, 2.24) is 10.2 Å². The smallest absolute Gasteiger partial charge is 0.237 e. The monoisotopic (exact) mass is 249 g/mol. The molecule has 1 heterocycles. The summed E-state index contributed by atoms with van der Waals surface area (Å²) in [6, 6.07) is 0.116. The van der Waals surface area contributed by atoms with Gasteiger partial charge < -0.3 is 16.0 Å². The van der Waals surface area contributed by atoms with Gasteiger partial charge in [0.2, 0.25) is 5.91 Å². The Bertz CT molecular complexity index is 223. The van der Waals surface area contributed by atoms with E-state index in [1.807, 2.05) is 13.8 Å². The average molecular weight is 250 g/mol. The van der Waals surface area contributed by atoms with Crippen molar-refractivity contribution in [3.63, 3.8) is 0 Å². The molecule has 0 bridgehead atoms. The van der Waals surface area contributed by atoms with E-state index in [-0.39, 0.29) is 30.3 Å². The molecule has 1 saturated heterocycles. The number of carbonyl (C=O) groups excluding carboxylic acids is 1. The Morgan fingerprint density at radius 1 is 1.56 bits per heavy atom. The predicted octanol–water partition coefficient (Wildman–Crippen LogP) is 0.602. The van der Waals surface area contributed by atoms with Crippen LogP contribution in [0.15, 0.2) is 0 Å². The zero-order valence-corrected chi connectivity index (χ0v) is 11.2. The summed E-state index contributed by atoms with van der Waals surface area (Å²) in [6.07, 6.45) is 2.40. The van der Waals surface area contributed by atoms with Crippen molar-refractivity contribution in [2.75, 3.05) is 20.1 Å². The molecule has 1 rings (SSSR count). The first-order chi connectivity index (χ1) is 7.02. The van der Waals surface area contributed by atoms with E-state index in [2.05, 4.69) is 17.3 Å². The first kappa shape index (κ1) is 15.7. The molecule has 1 fully saturated rings. The fourth-order valence-electron chi connectivity index (χ4n) is 1.88. The van der Waals surface area contributed by atoms with Crippen LogP contribution in [0.3, 0.4) is 0 Å². The van der Waals surface area contributed by atoms with Crippen LogP contribution >= 0.6 is 12.4 Å². The fraction of sp³-hybridized carbons (Fsp3) is 0.909. The van der Waals surface area contributed by atoms with E-state index in [0.717, 1.165) is 13.1 Å². The lowest BCUT2D eigenvalue weighted by Gasteiger charge is -2.21. The van der Waals surface area contributed by atoms with Crippen LogP contribution < -0.4 is 11.1 Å². The highest BCUT2D eigenvalue weighted by Gasteiger charge is 2.23. The highest BCUT2D eigenvalue weighted by atomic mass is 35.5. The second-order valence-corrected chi connectivity index (χ2v) is 4.79. The largest absolute Gasteiger partial charge is 0.353 e. The first-order valence-corrected chi connectivity index (χ1v) is 5.76. The van der Waals surface area contributed by atoms with Gasteiger partial charge in [0.1, 0.15) is 0 Å². The molecular weight excluding hydrogens is 226 g/mol. The minimum atomic E-state index is -0.378. The number of rotatable bonds is 4. The molecule has 5 heteroatoms. The number of likely N-dealkylation sites (N-methyl/N-ethyl adjacent to an activating group) is 1. The summed E-state index contributed by atoms with van der Waals surface area (Å²) in [5, 5.41) is 2.93. The standard InChI is InChI=1S/C11H23N3O.ClH/c1-8(2)10(12)11(15)13-7-9-5-4-6-14(9)3;/h8-10H,4-7,12H2,1-3H3,(H,13,15);1H/t9?,10-;/m0./s1. The zero-order valence-electron chi connectivity index (χ0n) is 10.4. The third kappa shape index (κ3) is 4.28. The molecular formula is C11H24ClN3O. The van der Waals surface area contributed by atoms with Crippen molar-refractivity contribution < 1.29 is 4.79 Å². The molecule has 0 saturated carbocycles. The summed E-state index contributed by atoms with van der Waals surface area (Å²) < 4.78 is 0. The number of carbonyl (C=O) groups is 1. The van der Waals surface area contributed by atoms with E-state index in [4.69, 9.17) is 5.73 Å². The van der Waals surface area contributed by atoms with Gasteiger partial charge >= 0.3 is 0 Å². The maximum Gasteiger partial charge on any atom is 0.237 e. The molecule has 1 amide bonds. The summed E-state index contributed by atoms with van der Waals surface area (Å²) >= 11 is 0. The predicted molar refractivity (Wildman–Crippen MR) is 68.7 cm³/mol. The van der Waals surface area contributed by atoms with Crippen LogP contribution in [0.4, 0.5) is 0 Å². The summed E-state index contributed by atoms with van der Waals surface area (Å²) in [4.78, 5) is 13.9. The molecule has 0 radical (unpaired) electrons. The van der Waals surface area contributed by atoms with Crippen LogP contribution in [0.25, 0.3) is 0 Å². The maximum atomic E-state index is 11.6. The number of nitrogens with two attached hydrogens (primary N) is 1. The van der Waals surface area contributed by atoms with Gasteiger partial charge in [-0.25, -0.2) is 0 Å². The van der Waals surface area contributed by atoms with Crippen molar-refractivity contribution in [2.45, 2.75) is 38.8 Å². The summed E-state index contributed by atoms with van der Waals surface area (Å²) in [5.41, 5.74) is 5.75. The number of nitrogens with one attached hydrogen (secondary N) is 1. The molecule has 4 nitrogen and oxygen atoms in total. The van der Waals surface area contributed by atoms with E-state index < -0.39 is 0 Å². The Hall–Kier alpha value is -0.320. The van der Waals surface area contributed by atoms with Gasteiger partial charge in [-0.2, -0.15) is 0 Å².